The van der Waals surface area contributed by atoms with Crippen LogP contribution in [0.15, 0.2) is 0 Å². The fourth-order valence-electron chi connectivity index (χ4n) is 3.70. The maximum Gasteiger partial charge on any atom is 0.00933 e. The van der Waals surface area contributed by atoms with Crippen LogP contribution >= 0.6 is 0 Å². The van der Waals surface area contributed by atoms with Gasteiger partial charge in [-0.1, -0.05) is 34.6 Å². The second-order valence-electron chi connectivity index (χ2n) is 7.89. The van der Waals surface area contributed by atoms with Crippen LogP contribution < -0.4 is 5.32 Å². The second-order valence-corrected chi connectivity index (χ2v) is 7.89. The molecule has 2 rings (SSSR count). The summed E-state index contributed by atoms with van der Waals surface area (Å²) in [6, 6.07) is 0.777. The van der Waals surface area contributed by atoms with E-state index in [0.717, 1.165) is 17.9 Å². The Morgan fingerprint density at radius 2 is 1.82 bits per heavy atom. The Bertz CT molecular complexity index is 263. The summed E-state index contributed by atoms with van der Waals surface area (Å²) in [5.41, 5.74) is 1.24. The minimum absolute atomic E-state index is 0.576. The largest absolute Gasteiger partial charge is 0.313 e. The average Bonchev–Trinajstić information content (AvgIpc) is 2.96. The smallest absolute Gasteiger partial charge is 0.00933 e. The van der Waals surface area contributed by atoms with Gasteiger partial charge in [-0.05, 0) is 54.8 Å². The number of nitrogens with one attached hydrogen (secondary N) is 1. The quantitative estimate of drug-likeness (QED) is 0.771. The molecular formula is C16H31N. The lowest BCUT2D eigenvalue weighted by atomic mass is 9.70. The lowest BCUT2D eigenvalue weighted by Crippen LogP contribution is -2.44. The molecule has 2 unspecified atom stereocenters. The van der Waals surface area contributed by atoms with Gasteiger partial charge in [-0.3, -0.25) is 0 Å². The van der Waals surface area contributed by atoms with Crippen LogP contribution in [0, 0.1) is 22.7 Å². The summed E-state index contributed by atoms with van der Waals surface area (Å²) < 4.78 is 0. The molecule has 0 spiro atoms. The van der Waals surface area contributed by atoms with Gasteiger partial charge in [0.05, 0.1) is 0 Å². The van der Waals surface area contributed by atoms with Crippen LogP contribution in [-0.2, 0) is 0 Å². The van der Waals surface area contributed by atoms with Gasteiger partial charge in [-0.2, -0.15) is 0 Å². The predicted molar refractivity (Wildman–Crippen MR) is 75.1 cm³/mol. The van der Waals surface area contributed by atoms with Crippen molar-refractivity contribution in [3.8, 4) is 0 Å². The zero-order valence-corrected chi connectivity index (χ0v) is 12.5. The Morgan fingerprint density at radius 1 is 1.18 bits per heavy atom. The molecule has 0 heterocycles. The summed E-state index contributed by atoms with van der Waals surface area (Å²) in [5, 5.41) is 3.89. The van der Waals surface area contributed by atoms with Gasteiger partial charge in [0, 0.05) is 12.6 Å². The molecule has 0 aromatic heterocycles. The molecule has 2 aliphatic rings. The standard InChI is InChI=1S/C16H31N/c1-12(2)16(8-9-16)11-17-14-6-7-15(4,5)10-13(14)3/h12-14,17H,6-11H2,1-5H3. The first-order valence-corrected chi connectivity index (χ1v) is 7.58. The zero-order chi connectivity index (χ0) is 12.7. The van der Waals surface area contributed by atoms with Crippen LogP contribution in [-0.4, -0.2) is 12.6 Å². The van der Waals surface area contributed by atoms with Crippen LogP contribution in [0.5, 0.6) is 0 Å². The fourth-order valence-corrected chi connectivity index (χ4v) is 3.70. The highest BCUT2D eigenvalue weighted by molar-refractivity contribution is 4.98. The van der Waals surface area contributed by atoms with Gasteiger partial charge in [-0.25, -0.2) is 0 Å². The lowest BCUT2D eigenvalue weighted by molar-refractivity contribution is 0.141. The lowest BCUT2D eigenvalue weighted by Gasteiger charge is -2.40. The molecule has 0 aliphatic heterocycles. The molecule has 0 aromatic carbocycles. The fraction of sp³-hybridized carbons (Fsp3) is 1.00. The van der Waals surface area contributed by atoms with Crippen molar-refractivity contribution in [3.05, 3.63) is 0 Å². The van der Waals surface area contributed by atoms with E-state index in [9.17, 15) is 0 Å². The van der Waals surface area contributed by atoms with Crippen LogP contribution in [0.1, 0.15) is 66.7 Å². The Labute approximate surface area is 108 Å². The summed E-state index contributed by atoms with van der Waals surface area (Å²) >= 11 is 0. The minimum atomic E-state index is 0.576. The molecule has 1 nitrogen and oxygen atoms in total. The van der Waals surface area contributed by atoms with Crippen molar-refractivity contribution in [2.45, 2.75) is 72.8 Å². The van der Waals surface area contributed by atoms with E-state index in [-0.39, 0.29) is 0 Å². The molecule has 100 valence electrons. The number of rotatable bonds is 4. The van der Waals surface area contributed by atoms with Crippen LogP contribution in [0.2, 0.25) is 0 Å². The maximum absolute atomic E-state index is 3.89. The normalized spacial score (nSPS) is 34.9. The Morgan fingerprint density at radius 3 is 2.29 bits per heavy atom. The zero-order valence-electron chi connectivity index (χ0n) is 12.5. The Balaban J connectivity index is 1.81. The molecule has 17 heavy (non-hydrogen) atoms. The van der Waals surface area contributed by atoms with Crippen molar-refractivity contribution in [3.63, 3.8) is 0 Å². The van der Waals surface area contributed by atoms with Crippen LogP contribution in [0.4, 0.5) is 0 Å². The minimum Gasteiger partial charge on any atom is -0.313 e. The van der Waals surface area contributed by atoms with Crippen molar-refractivity contribution in [2.24, 2.45) is 22.7 Å². The number of hydrogen-bond acceptors (Lipinski definition) is 1. The average molecular weight is 237 g/mol. The third kappa shape index (κ3) is 3.05. The topological polar surface area (TPSA) is 12.0 Å². The van der Waals surface area contributed by atoms with E-state index in [1.54, 1.807) is 0 Å². The monoisotopic (exact) mass is 237 g/mol. The van der Waals surface area contributed by atoms with Crippen LogP contribution in [0.3, 0.4) is 0 Å². The third-order valence-electron chi connectivity index (χ3n) is 5.53. The summed E-state index contributed by atoms with van der Waals surface area (Å²) in [5.74, 6) is 1.70. The predicted octanol–water partition coefficient (Wildman–Crippen LogP) is 4.23. The van der Waals surface area contributed by atoms with E-state index in [0.29, 0.717) is 10.8 Å². The summed E-state index contributed by atoms with van der Waals surface area (Å²) in [4.78, 5) is 0. The first kappa shape index (κ1) is 13.4. The summed E-state index contributed by atoms with van der Waals surface area (Å²) in [6.07, 6.45) is 7.06. The van der Waals surface area contributed by atoms with E-state index in [4.69, 9.17) is 0 Å². The molecule has 2 fully saturated rings. The van der Waals surface area contributed by atoms with Gasteiger partial charge >= 0.3 is 0 Å². The first-order chi connectivity index (χ1) is 7.85. The van der Waals surface area contributed by atoms with Crippen molar-refractivity contribution >= 4 is 0 Å². The molecular weight excluding hydrogens is 206 g/mol. The molecule has 0 aromatic rings. The van der Waals surface area contributed by atoms with Gasteiger partial charge < -0.3 is 5.32 Å². The molecule has 0 bridgehead atoms. The van der Waals surface area contributed by atoms with Crippen molar-refractivity contribution in [2.75, 3.05) is 6.54 Å². The molecule has 1 N–H and O–H groups in total. The van der Waals surface area contributed by atoms with E-state index >= 15 is 0 Å². The highest BCUT2D eigenvalue weighted by Crippen LogP contribution is 2.51. The molecule has 0 radical (unpaired) electrons. The Hall–Kier alpha value is -0.0400. The maximum atomic E-state index is 3.89. The molecule has 1 heteroatoms. The van der Waals surface area contributed by atoms with Crippen molar-refractivity contribution in [1.82, 2.24) is 5.32 Å². The Kier molecular flexibility index (Phi) is 3.60. The second kappa shape index (κ2) is 4.57. The van der Waals surface area contributed by atoms with Gasteiger partial charge in [0.1, 0.15) is 0 Å². The highest BCUT2D eigenvalue weighted by atomic mass is 14.9. The molecule has 2 saturated carbocycles. The van der Waals surface area contributed by atoms with E-state index < -0.39 is 0 Å². The third-order valence-corrected chi connectivity index (χ3v) is 5.53. The molecule has 2 aliphatic carbocycles. The van der Waals surface area contributed by atoms with Gasteiger partial charge in [0.25, 0.3) is 0 Å². The van der Waals surface area contributed by atoms with Gasteiger partial charge in [-0.15, -0.1) is 0 Å². The van der Waals surface area contributed by atoms with E-state index in [2.05, 4.69) is 39.9 Å². The first-order valence-electron chi connectivity index (χ1n) is 7.58. The van der Waals surface area contributed by atoms with Crippen LogP contribution in [0.25, 0.3) is 0 Å². The molecule has 0 saturated heterocycles. The van der Waals surface area contributed by atoms with E-state index in [1.165, 1.54) is 38.6 Å². The highest BCUT2D eigenvalue weighted by Gasteiger charge is 2.45. The van der Waals surface area contributed by atoms with Gasteiger partial charge in [0.2, 0.25) is 0 Å². The SMILES string of the molecule is CC1CC(C)(C)CCC1NCC1(C(C)C)CC1. The molecule has 0 amide bonds. The number of hydrogen-bond donors (Lipinski definition) is 1. The van der Waals surface area contributed by atoms with Gasteiger partial charge in [0.15, 0.2) is 0 Å². The van der Waals surface area contributed by atoms with Crippen molar-refractivity contribution < 1.29 is 0 Å². The summed E-state index contributed by atoms with van der Waals surface area (Å²) in [7, 11) is 0. The van der Waals surface area contributed by atoms with E-state index in [1.807, 2.05) is 0 Å². The molecule has 2 atom stereocenters. The summed E-state index contributed by atoms with van der Waals surface area (Å²) in [6.45, 7) is 13.3. The van der Waals surface area contributed by atoms with Crippen molar-refractivity contribution in [1.29, 1.82) is 0 Å².